The zero-order chi connectivity index (χ0) is 34.4. The minimum Gasteiger partial charge on any atom is -0.310 e. The second kappa shape index (κ2) is 12.7. The molecule has 1 heterocycles. The third-order valence-electron chi connectivity index (χ3n) is 10.3. The minimum absolute atomic E-state index is 1.11. The molecule has 52 heavy (non-hydrogen) atoms. The summed E-state index contributed by atoms with van der Waals surface area (Å²) in [6, 6.07) is 72.9. The van der Waals surface area contributed by atoms with Gasteiger partial charge in [0.15, 0.2) is 0 Å². The highest BCUT2D eigenvalue weighted by Crippen LogP contribution is 2.42. The van der Waals surface area contributed by atoms with Gasteiger partial charge in [-0.2, -0.15) is 0 Å². The molecule has 1 nitrogen and oxygen atoms in total. The fourth-order valence-electron chi connectivity index (χ4n) is 7.67. The van der Waals surface area contributed by atoms with E-state index < -0.39 is 0 Å². The van der Waals surface area contributed by atoms with E-state index in [9.17, 15) is 0 Å². The summed E-state index contributed by atoms with van der Waals surface area (Å²) in [5.74, 6) is 0. The lowest BCUT2D eigenvalue weighted by molar-refractivity contribution is 1.28. The van der Waals surface area contributed by atoms with Gasteiger partial charge in [0.1, 0.15) is 0 Å². The first kappa shape index (κ1) is 30.4. The monoisotopic (exact) mass is 679 g/mol. The van der Waals surface area contributed by atoms with Gasteiger partial charge in [0.25, 0.3) is 0 Å². The van der Waals surface area contributed by atoms with E-state index >= 15 is 0 Å². The molecule has 10 aromatic rings. The molecule has 0 saturated carbocycles. The SMILES string of the molecule is c1cc(-c2ccc3ccccc3c2)cc(N(c2ccc(-c3cccc4ccccc34)cc2)c2ccc(-c3cccc4c3sc3ccccc34)cc2)c1. The van der Waals surface area contributed by atoms with Gasteiger partial charge < -0.3 is 4.90 Å². The quantitative estimate of drug-likeness (QED) is 0.169. The summed E-state index contributed by atoms with van der Waals surface area (Å²) in [4.78, 5) is 2.38. The highest BCUT2D eigenvalue weighted by molar-refractivity contribution is 7.26. The van der Waals surface area contributed by atoms with E-state index in [-0.39, 0.29) is 0 Å². The van der Waals surface area contributed by atoms with Crippen LogP contribution in [-0.4, -0.2) is 0 Å². The molecule has 0 aliphatic rings. The maximum absolute atomic E-state index is 2.38. The maximum Gasteiger partial charge on any atom is 0.0467 e. The Hall–Kier alpha value is -6.48. The van der Waals surface area contributed by atoms with Gasteiger partial charge in [0.2, 0.25) is 0 Å². The van der Waals surface area contributed by atoms with Crippen molar-refractivity contribution in [2.45, 2.75) is 0 Å². The van der Waals surface area contributed by atoms with Crippen molar-refractivity contribution in [2.24, 2.45) is 0 Å². The Labute approximate surface area is 307 Å². The van der Waals surface area contributed by atoms with Gasteiger partial charge in [-0.3, -0.25) is 0 Å². The number of thiophene rings is 1. The molecule has 10 rings (SSSR count). The molecule has 0 N–H and O–H groups in total. The normalized spacial score (nSPS) is 11.5. The van der Waals surface area contributed by atoms with Crippen LogP contribution in [0.2, 0.25) is 0 Å². The molecular weight excluding hydrogens is 647 g/mol. The predicted molar refractivity (Wildman–Crippen MR) is 225 cm³/mol. The maximum atomic E-state index is 2.38. The van der Waals surface area contributed by atoms with Crippen LogP contribution in [0.25, 0.3) is 75.1 Å². The van der Waals surface area contributed by atoms with Gasteiger partial charge in [-0.15, -0.1) is 11.3 Å². The van der Waals surface area contributed by atoms with Crippen LogP contribution in [0.1, 0.15) is 0 Å². The fourth-order valence-corrected chi connectivity index (χ4v) is 8.91. The van der Waals surface area contributed by atoms with Crippen LogP contribution < -0.4 is 4.90 Å². The Morgan fingerprint density at radius 2 is 0.865 bits per heavy atom. The summed E-state index contributed by atoms with van der Waals surface area (Å²) in [7, 11) is 0. The molecule has 244 valence electrons. The van der Waals surface area contributed by atoms with Crippen LogP contribution in [0, 0.1) is 0 Å². The van der Waals surface area contributed by atoms with Gasteiger partial charge in [-0.1, -0.05) is 152 Å². The summed E-state index contributed by atoms with van der Waals surface area (Å²) in [5.41, 5.74) is 10.7. The van der Waals surface area contributed by atoms with Gasteiger partial charge in [0, 0.05) is 37.2 Å². The summed E-state index contributed by atoms with van der Waals surface area (Å²) < 4.78 is 2.66. The van der Waals surface area contributed by atoms with Gasteiger partial charge in [-0.05, 0) is 103 Å². The van der Waals surface area contributed by atoms with Gasteiger partial charge in [0.05, 0.1) is 0 Å². The number of anilines is 3. The van der Waals surface area contributed by atoms with Crippen molar-refractivity contribution < 1.29 is 0 Å². The van der Waals surface area contributed by atoms with Crippen LogP contribution in [0.15, 0.2) is 200 Å². The van der Waals surface area contributed by atoms with Crippen LogP contribution in [0.5, 0.6) is 0 Å². The van der Waals surface area contributed by atoms with E-state index in [1.807, 2.05) is 11.3 Å². The number of benzene rings is 9. The molecule has 2 heteroatoms. The second-order valence-corrected chi connectivity index (χ2v) is 14.4. The van der Waals surface area contributed by atoms with Crippen molar-refractivity contribution in [2.75, 3.05) is 4.90 Å². The highest BCUT2D eigenvalue weighted by atomic mass is 32.1. The molecule has 0 aliphatic heterocycles. The molecule has 0 bridgehead atoms. The average molecular weight is 680 g/mol. The van der Waals surface area contributed by atoms with Crippen molar-refractivity contribution in [1.29, 1.82) is 0 Å². The van der Waals surface area contributed by atoms with Crippen LogP contribution in [-0.2, 0) is 0 Å². The number of rotatable bonds is 6. The molecule has 0 unspecified atom stereocenters. The number of hydrogen-bond acceptors (Lipinski definition) is 2. The third-order valence-corrected chi connectivity index (χ3v) is 11.5. The zero-order valence-electron chi connectivity index (χ0n) is 28.4. The molecule has 0 atom stereocenters. The van der Waals surface area contributed by atoms with E-state index in [0.717, 1.165) is 17.1 Å². The van der Waals surface area contributed by atoms with Crippen molar-refractivity contribution >= 4 is 70.1 Å². The molecule has 0 fully saturated rings. The third kappa shape index (κ3) is 5.33. The summed E-state index contributed by atoms with van der Waals surface area (Å²) in [6.45, 7) is 0. The summed E-state index contributed by atoms with van der Waals surface area (Å²) in [6.07, 6.45) is 0. The first-order valence-corrected chi connectivity index (χ1v) is 18.6. The lowest BCUT2D eigenvalue weighted by atomic mass is 9.97. The molecular formula is C50H33NS. The lowest BCUT2D eigenvalue weighted by Gasteiger charge is -2.26. The Bertz CT molecular complexity index is 2890. The second-order valence-electron chi connectivity index (χ2n) is 13.3. The Morgan fingerprint density at radius 3 is 1.67 bits per heavy atom. The zero-order valence-corrected chi connectivity index (χ0v) is 29.2. The van der Waals surface area contributed by atoms with E-state index in [0.29, 0.717) is 0 Å². The predicted octanol–water partition coefficient (Wildman–Crippen LogP) is 14.8. The Balaban J connectivity index is 1.08. The molecule has 0 radical (unpaired) electrons. The fraction of sp³-hybridized carbons (Fsp3) is 0. The number of nitrogens with zero attached hydrogens (tertiary/aromatic N) is 1. The summed E-state index contributed by atoms with van der Waals surface area (Å²) >= 11 is 1.88. The van der Waals surface area contributed by atoms with E-state index in [2.05, 4.69) is 205 Å². The van der Waals surface area contributed by atoms with Gasteiger partial charge >= 0.3 is 0 Å². The Kier molecular flexibility index (Phi) is 7.41. The first-order valence-electron chi connectivity index (χ1n) is 17.8. The minimum atomic E-state index is 1.11. The molecule has 0 aliphatic carbocycles. The van der Waals surface area contributed by atoms with E-state index in [1.54, 1.807) is 0 Å². The summed E-state index contributed by atoms with van der Waals surface area (Å²) in [5, 5.41) is 7.66. The van der Waals surface area contributed by atoms with Gasteiger partial charge in [-0.25, -0.2) is 0 Å². The molecule has 0 spiro atoms. The number of fused-ring (bicyclic) bond motifs is 5. The van der Waals surface area contributed by atoms with E-state index in [4.69, 9.17) is 0 Å². The van der Waals surface area contributed by atoms with Crippen molar-refractivity contribution in [3.8, 4) is 33.4 Å². The molecule has 9 aromatic carbocycles. The largest absolute Gasteiger partial charge is 0.310 e. The van der Waals surface area contributed by atoms with Crippen LogP contribution in [0.3, 0.4) is 0 Å². The first-order chi connectivity index (χ1) is 25.8. The van der Waals surface area contributed by atoms with E-state index in [1.165, 1.54) is 75.1 Å². The molecule has 1 aromatic heterocycles. The standard InChI is InChI=1S/C50H33NS/c1-2-12-38-32-40(23-22-34(38)10-1)39-14-7-15-43(33-39)51(41-28-24-36(25-29-41)45-18-8-13-35-11-3-4-16-44(35)45)42-30-26-37(27-31-42)46-19-9-20-48-47-17-5-6-21-49(47)52-50(46)48/h1-33H. The average Bonchev–Trinajstić information content (AvgIpc) is 3.60. The highest BCUT2D eigenvalue weighted by Gasteiger charge is 2.16. The van der Waals surface area contributed by atoms with Crippen molar-refractivity contribution in [3.63, 3.8) is 0 Å². The van der Waals surface area contributed by atoms with Crippen molar-refractivity contribution in [1.82, 2.24) is 0 Å². The van der Waals surface area contributed by atoms with Crippen LogP contribution >= 0.6 is 11.3 Å². The molecule has 0 amide bonds. The van der Waals surface area contributed by atoms with Crippen LogP contribution in [0.4, 0.5) is 17.1 Å². The topological polar surface area (TPSA) is 3.24 Å². The molecule has 0 saturated heterocycles. The lowest BCUT2D eigenvalue weighted by Crippen LogP contribution is -2.10. The van der Waals surface area contributed by atoms with Crippen molar-refractivity contribution in [3.05, 3.63) is 200 Å². The number of hydrogen-bond donors (Lipinski definition) is 0. The Morgan fingerprint density at radius 1 is 0.308 bits per heavy atom. The smallest absolute Gasteiger partial charge is 0.0467 e.